The number of amides is 2. The van der Waals surface area contributed by atoms with Gasteiger partial charge in [0.25, 0.3) is 0 Å². The lowest BCUT2D eigenvalue weighted by Crippen LogP contribution is -2.45. The number of aromatic nitrogens is 1. The number of rotatable bonds is 4. The molecule has 2 heterocycles. The third-order valence-corrected chi connectivity index (χ3v) is 4.36. The summed E-state index contributed by atoms with van der Waals surface area (Å²) in [5.41, 5.74) is 7.40. The Hall–Kier alpha value is -2.34. The van der Waals surface area contributed by atoms with E-state index in [2.05, 4.69) is 22.4 Å². The van der Waals surface area contributed by atoms with Crippen molar-refractivity contribution < 1.29 is 9.59 Å². The Balaban J connectivity index is 1.78. The summed E-state index contributed by atoms with van der Waals surface area (Å²) in [6.45, 7) is 0.628. The largest absolute Gasteiger partial charge is 0.357 e. The Labute approximate surface area is 135 Å². The zero-order chi connectivity index (χ0) is 16.2. The van der Waals surface area contributed by atoms with E-state index in [1.54, 1.807) is 0 Å². The number of aromatic amines is 1. The molecule has 0 aliphatic carbocycles. The zero-order valence-electron chi connectivity index (χ0n) is 13.0. The highest BCUT2D eigenvalue weighted by Gasteiger charge is 2.29. The van der Waals surface area contributed by atoms with E-state index in [1.807, 2.05) is 23.1 Å². The van der Waals surface area contributed by atoms with E-state index in [1.165, 1.54) is 0 Å². The number of fused-ring (bicyclic) bond motifs is 1. The molecule has 0 radical (unpaired) electrons. The lowest BCUT2D eigenvalue weighted by atomic mass is 9.99. The van der Waals surface area contributed by atoms with Crippen molar-refractivity contribution in [1.82, 2.24) is 15.2 Å². The van der Waals surface area contributed by atoms with Gasteiger partial charge in [-0.1, -0.05) is 18.2 Å². The molecule has 6 heteroatoms. The first-order chi connectivity index (χ1) is 11.2. The SMILES string of the molecule is NCC(=O)NCC(=O)N1CCCCC1c1cc2ccccc2[nH]1. The van der Waals surface area contributed by atoms with Gasteiger partial charge in [-0.2, -0.15) is 0 Å². The summed E-state index contributed by atoms with van der Waals surface area (Å²) in [6.07, 6.45) is 3.02. The molecule has 1 atom stereocenters. The molecular weight excluding hydrogens is 292 g/mol. The van der Waals surface area contributed by atoms with Gasteiger partial charge in [0.1, 0.15) is 0 Å². The second-order valence-corrected chi connectivity index (χ2v) is 5.89. The van der Waals surface area contributed by atoms with Crippen LogP contribution < -0.4 is 11.1 Å². The van der Waals surface area contributed by atoms with Crippen molar-refractivity contribution in [2.24, 2.45) is 5.73 Å². The minimum absolute atomic E-state index is 0.00671. The van der Waals surface area contributed by atoms with Gasteiger partial charge < -0.3 is 20.9 Å². The Morgan fingerprint density at radius 3 is 2.91 bits per heavy atom. The minimum Gasteiger partial charge on any atom is -0.357 e. The zero-order valence-corrected chi connectivity index (χ0v) is 13.0. The highest BCUT2D eigenvalue weighted by atomic mass is 16.2. The number of nitrogens with one attached hydrogen (secondary N) is 2. The third-order valence-electron chi connectivity index (χ3n) is 4.36. The van der Waals surface area contributed by atoms with Gasteiger partial charge in [0.15, 0.2) is 0 Å². The monoisotopic (exact) mass is 314 g/mol. The first-order valence-corrected chi connectivity index (χ1v) is 8.03. The summed E-state index contributed by atoms with van der Waals surface area (Å²) in [7, 11) is 0. The average Bonchev–Trinajstić information content (AvgIpc) is 3.03. The Kier molecular flexibility index (Phi) is 4.62. The van der Waals surface area contributed by atoms with E-state index in [4.69, 9.17) is 5.73 Å². The van der Waals surface area contributed by atoms with Gasteiger partial charge in [0, 0.05) is 17.8 Å². The molecule has 1 unspecified atom stereocenters. The van der Waals surface area contributed by atoms with Crippen LogP contribution in [0.1, 0.15) is 31.0 Å². The fourth-order valence-electron chi connectivity index (χ4n) is 3.18. The van der Waals surface area contributed by atoms with Crippen LogP contribution in [0, 0.1) is 0 Å². The van der Waals surface area contributed by atoms with Crippen molar-refractivity contribution in [2.45, 2.75) is 25.3 Å². The van der Waals surface area contributed by atoms with Crippen molar-refractivity contribution >= 4 is 22.7 Å². The van der Waals surface area contributed by atoms with E-state index < -0.39 is 0 Å². The lowest BCUT2D eigenvalue weighted by Gasteiger charge is -2.35. The molecule has 1 aromatic heterocycles. The fourth-order valence-corrected chi connectivity index (χ4v) is 3.18. The van der Waals surface area contributed by atoms with E-state index >= 15 is 0 Å². The van der Waals surface area contributed by atoms with E-state index in [0.717, 1.165) is 42.4 Å². The van der Waals surface area contributed by atoms with Crippen LogP contribution in [0.2, 0.25) is 0 Å². The highest BCUT2D eigenvalue weighted by Crippen LogP contribution is 2.32. The average molecular weight is 314 g/mol. The molecule has 6 nitrogen and oxygen atoms in total. The topological polar surface area (TPSA) is 91.2 Å². The number of carbonyl (C=O) groups is 2. The molecule has 0 bridgehead atoms. The third kappa shape index (κ3) is 3.37. The first kappa shape index (κ1) is 15.6. The van der Waals surface area contributed by atoms with Crippen LogP contribution in [0.5, 0.6) is 0 Å². The molecule has 1 aliphatic rings. The van der Waals surface area contributed by atoms with Crippen molar-refractivity contribution in [3.63, 3.8) is 0 Å². The molecule has 0 saturated carbocycles. The summed E-state index contributed by atoms with van der Waals surface area (Å²) >= 11 is 0. The smallest absolute Gasteiger partial charge is 0.242 e. The minimum atomic E-state index is -0.308. The summed E-state index contributed by atoms with van der Waals surface area (Å²) in [4.78, 5) is 29.0. The van der Waals surface area contributed by atoms with Crippen LogP contribution in [0.15, 0.2) is 30.3 Å². The van der Waals surface area contributed by atoms with Crippen molar-refractivity contribution in [3.8, 4) is 0 Å². The van der Waals surface area contributed by atoms with Gasteiger partial charge in [0.2, 0.25) is 11.8 Å². The summed E-state index contributed by atoms with van der Waals surface area (Å²) in [6, 6.07) is 10.3. The number of H-pyrrole nitrogens is 1. The van der Waals surface area contributed by atoms with Gasteiger partial charge in [-0.15, -0.1) is 0 Å². The van der Waals surface area contributed by atoms with Crippen LogP contribution in [0.25, 0.3) is 10.9 Å². The molecular formula is C17H22N4O2. The number of likely N-dealkylation sites (tertiary alicyclic amines) is 1. The lowest BCUT2D eigenvalue weighted by molar-refractivity contribution is -0.136. The Bertz CT molecular complexity index is 676. The van der Waals surface area contributed by atoms with Gasteiger partial charge in [0.05, 0.1) is 19.1 Å². The second-order valence-electron chi connectivity index (χ2n) is 5.89. The van der Waals surface area contributed by atoms with Gasteiger partial charge >= 0.3 is 0 Å². The van der Waals surface area contributed by atoms with Crippen LogP contribution in [-0.4, -0.2) is 41.3 Å². The molecule has 3 rings (SSSR count). The highest BCUT2D eigenvalue weighted by molar-refractivity contribution is 5.86. The summed E-state index contributed by atoms with van der Waals surface area (Å²) in [5, 5.41) is 3.71. The summed E-state index contributed by atoms with van der Waals surface area (Å²) < 4.78 is 0. The number of hydrogen-bond donors (Lipinski definition) is 3. The summed E-state index contributed by atoms with van der Waals surface area (Å²) in [5.74, 6) is -0.368. The van der Waals surface area contributed by atoms with Gasteiger partial charge in [-0.05, 0) is 36.8 Å². The molecule has 4 N–H and O–H groups in total. The van der Waals surface area contributed by atoms with Crippen LogP contribution in [0.3, 0.4) is 0 Å². The van der Waals surface area contributed by atoms with Crippen molar-refractivity contribution in [1.29, 1.82) is 0 Å². The molecule has 122 valence electrons. The van der Waals surface area contributed by atoms with E-state index in [9.17, 15) is 9.59 Å². The van der Waals surface area contributed by atoms with Crippen LogP contribution in [0.4, 0.5) is 0 Å². The molecule has 1 aliphatic heterocycles. The van der Waals surface area contributed by atoms with E-state index in [0.29, 0.717) is 0 Å². The number of hydrogen-bond acceptors (Lipinski definition) is 3. The second kappa shape index (κ2) is 6.83. The maximum absolute atomic E-state index is 12.5. The number of carbonyl (C=O) groups excluding carboxylic acids is 2. The quantitative estimate of drug-likeness (QED) is 0.794. The van der Waals surface area contributed by atoms with Gasteiger partial charge in [-0.25, -0.2) is 0 Å². The Morgan fingerprint density at radius 1 is 1.30 bits per heavy atom. The number of nitrogens with two attached hydrogens (primary N) is 1. The molecule has 2 amide bonds. The molecule has 23 heavy (non-hydrogen) atoms. The van der Waals surface area contributed by atoms with Crippen LogP contribution >= 0.6 is 0 Å². The van der Waals surface area contributed by atoms with Crippen molar-refractivity contribution in [3.05, 3.63) is 36.0 Å². The number of nitrogens with zero attached hydrogens (tertiary/aromatic N) is 1. The number of piperidine rings is 1. The van der Waals surface area contributed by atoms with Crippen molar-refractivity contribution in [2.75, 3.05) is 19.6 Å². The molecule has 1 saturated heterocycles. The molecule has 1 fully saturated rings. The number of para-hydroxylation sites is 1. The number of benzene rings is 1. The fraction of sp³-hybridized carbons (Fsp3) is 0.412. The first-order valence-electron chi connectivity index (χ1n) is 8.03. The van der Waals surface area contributed by atoms with E-state index in [-0.39, 0.29) is 30.9 Å². The molecule has 0 spiro atoms. The maximum Gasteiger partial charge on any atom is 0.242 e. The van der Waals surface area contributed by atoms with Gasteiger partial charge in [-0.3, -0.25) is 9.59 Å². The predicted octanol–water partition coefficient (Wildman–Crippen LogP) is 1.30. The Morgan fingerprint density at radius 2 is 2.13 bits per heavy atom. The standard InChI is InChI=1S/C17H22N4O2/c18-10-16(22)19-11-17(23)21-8-4-3-7-15(21)14-9-12-5-1-2-6-13(12)20-14/h1-2,5-6,9,15,20H,3-4,7-8,10-11,18H2,(H,19,22). The molecule has 1 aromatic carbocycles. The normalized spacial score (nSPS) is 18.1. The maximum atomic E-state index is 12.5. The predicted molar refractivity (Wildman–Crippen MR) is 88.7 cm³/mol. The molecule has 2 aromatic rings. The van der Waals surface area contributed by atoms with Crippen LogP contribution in [-0.2, 0) is 9.59 Å².